The predicted octanol–water partition coefficient (Wildman–Crippen LogP) is 3.14. The smallest absolute Gasteiger partial charge is 0.133 e. The fraction of sp³-hybridized carbons (Fsp3) is 0.500. The molecule has 0 aliphatic rings. The first-order valence-corrected chi connectivity index (χ1v) is 5.17. The Balaban J connectivity index is 3.29. The number of halogens is 2. The minimum absolute atomic E-state index is 0.103. The van der Waals surface area contributed by atoms with E-state index in [1.54, 1.807) is 6.07 Å². The average molecular weight is 233 g/mol. The minimum Gasteiger partial charge on any atom is -0.326 e. The monoisotopic (exact) mass is 232 g/mol. The summed E-state index contributed by atoms with van der Waals surface area (Å²) < 4.78 is 0. The molecule has 2 nitrogen and oxygen atoms in total. The summed E-state index contributed by atoms with van der Waals surface area (Å²) in [6, 6.07) is 1.79. The van der Waals surface area contributed by atoms with Gasteiger partial charge in [-0.3, -0.25) is 0 Å². The van der Waals surface area contributed by atoms with Crippen molar-refractivity contribution in [3.63, 3.8) is 0 Å². The van der Waals surface area contributed by atoms with E-state index in [1.807, 2.05) is 20.8 Å². The largest absolute Gasteiger partial charge is 0.326 e. The van der Waals surface area contributed by atoms with Crippen LogP contribution in [0.4, 0.5) is 0 Å². The molecule has 0 saturated heterocycles. The van der Waals surface area contributed by atoms with E-state index in [1.165, 1.54) is 0 Å². The Hall–Kier alpha value is -0.310. The molecule has 0 amide bonds. The second-order valence-electron chi connectivity index (χ2n) is 4.22. The van der Waals surface area contributed by atoms with Gasteiger partial charge in [0.2, 0.25) is 0 Å². The van der Waals surface area contributed by atoms with E-state index in [-0.39, 0.29) is 5.41 Å². The number of nitrogens with two attached hydrogens (primary N) is 1. The first-order chi connectivity index (χ1) is 6.36. The van der Waals surface area contributed by atoms with E-state index < -0.39 is 0 Å². The topological polar surface area (TPSA) is 38.9 Å². The molecule has 0 atom stereocenters. The normalized spacial score (nSPS) is 11.9. The fourth-order valence-corrected chi connectivity index (χ4v) is 1.85. The number of aromatic nitrogens is 1. The van der Waals surface area contributed by atoms with Crippen LogP contribution in [0.1, 0.15) is 32.0 Å². The van der Waals surface area contributed by atoms with Crippen LogP contribution in [0, 0.1) is 0 Å². The Morgan fingerprint density at radius 3 is 2.36 bits per heavy atom. The van der Waals surface area contributed by atoms with Gasteiger partial charge in [-0.25, -0.2) is 4.98 Å². The molecular formula is C10H14Cl2N2. The molecule has 0 unspecified atom stereocenters. The molecule has 1 rings (SSSR count). The lowest BCUT2D eigenvalue weighted by atomic mass is 9.91. The van der Waals surface area contributed by atoms with Crippen LogP contribution in [0.3, 0.4) is 0 Å². The van der Waals surface area contributed by atoms with Crippen molar-refractivity contribution in [2.45, 2.75) is 32.7 Å². The van der Waals surface area contributed by atoms with Crippen LogP contribution < -0.4 is 5.73 Å². The summed E-state index contributed by atoms with van der Waals surface area (Å²) in [4.78, 5) is 4.27. The minimum atomic E-state index is -0.103. The van der Waals surface area contributed by atoms with Crippen LogP contribution in [0.2, 0.25) is 10.2 Å². The molecular weight excluding hydrogens is 219 g/mol. The van der Waals surface area contributed by atoms with Gasteiger partial charge in [-0.2, -0.15) is 0 Å². The van der Waals surface area contributed by atoms with E-state index in [0.717, 1.165) is 11.3 Å². The fourth-order valence-electron chi connectivity index (χ4n) is 1.17. The zero-order valence-corrected chi connectivity index (χ0v) is 10.1. The highest BCUT2D eigenvalue weighted by Crippen LogP contribution is 2.30. The molecule has 0 bridgehead atoms. The first kappa shape index (κ1) is 11.8. The molecule has 14 heavy (non-hydrogen) atoms. The van der Waals surface area contributed by atoms with Gasteiger partial charge in [0, 0.05) is 17.5 Å². The molecule has 0 radical (unpaired) electrons. The molecule has 0 spiro atoms. The summed E-state index contributed by atoms with van der Waals surface area (Å²) in [5.41, 5.74) is 6.98. The van der Waals surface area contributed by atoms with Gasteiger partial charge in [-0.05, 0) is 6.07 Å². The van der Waals surface area contributed by atoms with Gasteiger partial charge >= 0.3 is 0 Å². The third-order valence-electron chi connectivity index (χ3n) is 1.93. The third kappa shape index (κ3) is 2.38. The van der Waals surface area contributed by atoms with Crippen molar-refractivity contribution in [1.29, 1.82) is 0 Å². The van der Waals surface area contributed by atoms with Crippen molar-refractivity contribution in [3.05, 3.63) is 27.5 Å². The predicted molar refractivity (Wildman–Crippen MR) is 60.8 cm³/mol. The number of hydrogen-bond acceptors (Lipinski definition) is 2. The van der Waals surface area contributed by atoms with Crippen molar-refractivity contribution >= 4 is 23.2 Å². The highest BCUT2D eigenvalue weighted by molar-refractivity contribution is 6.33. The first-order valence-electron chi connectivity index (χ1n) is 4.41. The summed E-state index contributed by atoms with van der Waals surface area (Å²) in [6.45, 7) is 6.48. The van der Waals surface area contributed by atoms with Crippen LogP contribution in [0.5, 0.6) is 0 Å². The number of rotatable bonds is 1. The van der Waals surface area contributed by atoms with Crippen LogP contribution in [0.15, 0.2) is 6.07 Å². The van der Waals surface area contributed by atoms with Gasteiger partial charge in [0.1, 0.15) is 5.15 Å². The van der Waals surface area contributed by atoms with E-state index in [9.17, 15) is 0 Å². The van der Waals surface area contributed by atoms with E-state index in [2.05, 4.69) is 4.98 Å². The van der Waals surface area contributed by atoms with Crippen molar-refractivity contribution < 1.29 is 0 Å². The quantitative estimate of drug-likeness (QED) is 0.756. The molecule has 4 heteroatoms. The maximum absolute atomic E-state index is 6.09. The summed E-state index contributed by atoms with van der Waals surface area (Å²) >= 11 is 12.0. The maximum Gasteiger partial charge on any atom is 0.133 e. The number of nitrogens with zero attached hydrogens (tertiary/aromatic N) is 1. The average Bonchev–Trinajstić information content (AvgIpc) is 2.06. The van der Waals surface area contributed by atoms with Gasteiger partial charge < -0.3 is 5.73 Å². The van der Waals surface area contributed by atoms with Crippen molar-refractivity contribution in [3.8, 4) is 0 Å². The molecule has 0 aromatic carbocycles. The lowest BCUT2D eigenvalue weighted by molar-refractivity contribution is 0.568. The van der Waals surface area contributed by atoms with Gasteiger partial charge in [0.05, 0.1) is 10.7 Å². The number of pyridine rings is 1. The van der Waals surface area contributed by atoms with Crippen LogP contribution in [-0.4, -0.2) is 4.98 Å². The summed E-state index contributed by atoms with van der Waals surface area (Å²) in [5, 5.41) is 1.07. The molecule has 0 aliphatic carbocycles. The Bertz CT molecular complexity index is 343. The molecule has 2 N–H and O–H groups in total. The highest BCUT2D eigenvalue weighted by Gasteiger charge is 2.20. The molecule has 1 aromatic rings. The molecule has 0 fully saturated rings. The molecule has 78 valence electrons. The Kier molecular flexibility index (Phi) is 3.40. The second-order valence-corrected chi connectivity index (χ2v) is 4.99. The van der Waals surface area contributed by atoms with Crippen LogP contribution in [-0.2, 0) is 12.0 Å². The van der Waals surface area contributed by atoms with Gasteiger partial charge in [0.25, 0.3) is 0 Å². The van der Waals surface area contributed by atoms with Crippen molar-refractivity contribution in [2.75, 3.05) is 0 Å². The number of hydrogen-bond donors (Lipinski definition) is 1. The lowest BCUT2D eigenvalue weighted by Gasteiger charge is -2.20. The van der Waals surface area contributed by atoms with Crippen LogP contribution >= 0.6 is 23.2 Å². The van der Waals surface area contributed by atoms with Gasteiger partial charge in [-0.1, -0.05) is 44.0 Å². The third-order valence-corrected chi connectivity index (χ3v) is 2.55. The zero-order chi connectivity index (χ0) is 10.9. The molecule has 1 heterocycles. The second kappa shape index (κ2) is 4.05. The van der Waals surface area contributed by atoms with Crippen LogP contribution in [0.25, 0.3) is 0 Å². The molecule has 0 saturated carbocycles. The highest BCUT2D eigenvalue weighted by atomic mass is 35.5. The molecule has 0 aliphatic heterocycles. The lowest BCUT2D eigenvalue weighted by Crippen LogP contribution is -2.15. The van der Waals surface area contributed by atoms with E-state index in [4.69, 9.17) is 28.9 Å². The van der Waals surface area contributed by atoms with Gasteiger partial charge in [0.15, 0.2) is 0 Å². The summed E-state index contributed by atoms with van der Waals surface area (Å²) in [6.07, 6.45) is 0. The Morgan fingerprint density at radius 1 is 1.36 bits per heavy atom. The van der Waals surface area contributed by atoms with Crippen molar-refractivity contribution in [2.24, 2.45) is 5.73 Å². The SMILES string of the molecule is CC(C)(C)c1nc(Cl)c(CN)cc1Cl. The van der Waals surface area contributed by atoms with Crippen molar-refractivity contribution in [1.82, 2.24) is 4.98 Å². The summed E-state index contributed by atoms with van der Waals surface area (Å²) in [5.74, 6) is 0. The van der Waals surface area contributed by atoms with E-state index in [0.29, 0.717) is 16.7 Å². The maximum atomic E-state index is 6.09. The Labute approximate surface area is 94.4 Å². The summed E-state index contributed by atoms with van der Waals surface area (Å²) in [7, 11) is 0. The standard InChI is InChI=1S/C10H14Cl2N2/c1-10(2,3)8-7(11)4-6(5-13)9(12)14-8/h4H,5,13H2,1-3H3. The van der Waals surface area contributed by atoms with Gasteiger partial charge in [-0.15, -0.1) is 0 Å². The Morgan fingerprint density at radius 2 is 1.93 bits per heavy atom. The van der Waals surface area contributed by atoms with E-state index >= 15 is 0 Å². The molecule has 1 aromatic heterocycles. The zero-order valence-electron chi connectivity index (χ0n) is 8.56.